The highest BCUT2D eigenvalue weighted by molar-refractivity contribution is 5.95. The molecule has 0 aliphatic carbocycles. The van der Waals surface area contributed by atoms with Gasteiger partial charge in [0.2, 0.25) is 29.5 Å². The minimum absolute atomic E-state index is 0.202. The van der Waals surface area contributed by atoms with E-state index >= 15 is 0 Å². The molecule has 0 spiro atoms. The quantitative estimate of drug-likeness (QED) is 0.213. The Hall–Kier alpha value is -3.22. The maximum absolute atomic E-state index is 13.2. The van der Waals surface area contributed by atoms with Crippen molar-refractivity contribution in [2.45, 2.75) is 83.0 Å². The summed E-state index contributed by atoms with van der Waals surface area (Å²) in [5, 5.41) is 20.3. The Kier molecular flexibility index (Phi) is 10.5. The van der Waals surface area contributed by atoms with Crippen LogP contribution in [0.4, 0.5) is 0 Å². The summed E-state index contributed by atoms with van der Waals surface area (Å²) in [4.78, 5) is 77.8. The standard InChI is InChI=1S/C25H40N6O7/c1-3-15(2)21(24(36)28-14-20(33)31-12-6-9-18(31)25(37)38)29-23(35)17-8-5-11-30(17)19(32)13-27-22(34)16-7-4-10-26-16/h15-18,21,26H,3-14H2,1-2H3,(H,27,34)(H,28,36)(H,29,35)(H,37,38)/t15-,16-,17-,18-,21-/m0/s1. The highest BCUT2D eigenvalue weighted by Crippen LogP contribution is 2.19. The zero-order valence-corrected chi connectivity index (χ0v) is 22.2. The van der Waals surface area contributed by atoms with Crippen molar-refractivity contribution < 1.29 is 33.9 Å². The van der Waals surface area contributed by atoms with E-state index in [2.05, 4.69) is 21.3 Å². The molecule has 38 heavy (non-hydrogen) atoms. The average molecular weight is 537 g/mol. The third-order valence-electron chi connectivity index (χ3n) is 7.73. The van der Waals surface area contributed by atoms with E-state index in [9.17, 15) is 33.9 Å². The molecule has 3 fully saturated rings. The molecule has 5 amide bonds. The van der Waals surface area contributed by atoms with E-state index in [1.54, 1.807) is 6.92 Å². The lowest BCUT2D eigenvalue weighted by molar-refractivity contribution is -0.148. The van der Waals surface area contributed by atoms with E-state index in [1.807, 2.05) is 6.92 Å². The lowest BCUT2D eigenvalue weighted by atomic mass is 9.97. The number of carbonyl (C=O) groups is 6. The molecule has 0 aromatic rings. The van der Waals surface area contributed by atoms with Gasteiger partial charge in [-0.3, -0.25) is 24.0 Å². The summed E-state index contributed by atoms with van der Waals surface area (Å²) in [5.74, 6) is -3.41. The number of carbonyl (C=O) groups excluding carboxylic acids is 5. The summed E-state index contributed by atoms with van der Waals surface area (Å²) in [5.41, 5.74) is 0. The fourth-order valence-corrected chi connectivity index (χ4v) is 5.28. The summed E-state index contributed by atoms with van der Waals surface area (Å²) in [6.07, 6.45) is 4.22. The predicted octanol–water partition coefficient (Wildman–Crippen LogP) is -1.43. The van der Waals surface area contributed by atoms with Gasteiger partial charge in [0.15, 0.2) is 0 Å². The molecule has 13 heteroatoms. The minimum atomic E-state index is -1.07. The van der Waals surface area contributed by atoms with Gasteiger partial charge in [0.1, 0.15) is 18.1 Å². The van der Waals surface area contributed by atoms with Crippen LogP contribution in [0.3, 0.4) is 0 Å². The zero-order valence-electron chi connectivity index (χ0n) is 22.2. The Morgan fingerprint density at radius 2 is 1.47 bits per heavy atom. The van der Waals surface area contributed by atoms with Gasteiger partial charge >= 0.3 is 5.97 Å². The van der Waals surface area contributed by atoms with Gasteiger partial charge in [-0.25, -0.2) is 4.79 Å². The third-order valence-corrected chi connectivity index (χ3v) is 7.73. The van der Waals surface area contributed by atoms with Crippen LogP contribution in [-0.4, -0.2) is 107 Å². The van der Waals surface area contributed by atoms with Crippen LogP contribution in [0.25, 0.3) is 0 Å². The van der Waals surface area contributed by atoms with Crippen molar-refractivity contribution in [3.8, 4) is 0 Å². The molecule has 5 N–H and O–H groups in total. The van der Waals surface area contributed by atoms with E-state index < -0.39 is 41.8 Å². The Bertz CT molecular complexity index is 922. The van der Waals surface area contributed by atoms with Gasteiger partial charge in [-0.2, -0.15) is 0 Å². The lowest BCUT2D eigenvalue weighted by Crippen LogP contribution is -2.57. The number of hydrogen-bond donors (Lipinski definition) is 5. The van der Waals surface area contributed by atoms with Crippen molar-refractivity contribution in [2.24, 2.45) is 5.92 Å². The van der Waals surface area contributed by atoms with Crippen LogP contribution < -0.4 is 21.3 Å². The van der Waals surface area contributed by atoms with E-state index in [-0.39, 0.29) is 36.9 Å². The Balaban J connectivity index is 1.55. The molecule has 3 aliphatic heterocycles. The fraction of sp³-hybridized carbons (Fsp3) is 0.760. The number of aliphatic carboxylic acids is 1. The monoisotopic (exact) mass is 536 g/mol. The van der Waals surface area contributed by atoms with Crippen molar-refractivity contribution in [3.63, 3.8) is 0 Å². The summed E-state index contributed by atoms with van der Waals surface area (Å²) < 4.78 is 0. The van der Waals surface area contributed by atoms with Crippen LogP contribution in [-0.2, 0) is 28.8 Å². The number of amides is 5. The largest absolute Gasteiger partial charge is 0.480 e. The van der Waals surface area contributed by atoms with Crippen LogP contribution in [0.1, 0.15) is 58.8 Å². The molecular weight excluding hydrogens is 496 g/mol. The molecule has 3 saturated heterocycles. The molecule has 0 aromatic carbocycles. The predicted molar refractivity (Wildman–Crippen MR) is 136 cm³/mol. The van der Waals surface area contributed by atoms with Gasteiger partial charge in [-0.05, 0) is 51.0 Å². The first kappa shape index (κ1) is 29.3. The molecule has 5 atom stereocenters. The number of likely N-dealkylation sites (tertiary alicyclic amines) is 2. The van der Waals surface area contributed by atoms with Crippen LogP contribution in [0.2, 0.25) is 0 Å². The van der Waals surface area contributed by atoms with Crippen molar-refractivity contribution in [1.29, 1.82) is 0 Å². The van der Waals surface area contributed by atoms with E-state index in [1.165, 1.54) is 9.80 Å². The van der Waals surface area contributed by atoms with Gasteiger partial charge in [-0.1, -0.05) is 20.3 Å². The Labute approximate surface area is 222 Å². The molecule has 212 valence electrons. The van der Waals surface area contributed by atoms with Gasteiger partial charge < -0.3 is 36.2 Å². The van der Waals surface area contributed by atoms with Gasteiger partial charge in [0.25, 0.3) is 0 Å². The maximum Gasteiger partial charge on any atom is 0.326 e. The van der Waals surface area contributed by atoms with Gasteiger partial charge in [-0.15, -0.1) is 0 Å². The summed E-state index contributed by atoms with van der Waals surface area (Å²) in [7, 11) is 0. The van der Waals surface area contributed by atoms with Crippen molar-refractivity contribution in [2.75, 3.05) is 32.7 Å². The van der Waals surface area contributed by atoms with Crippen molar-refractivity contribution >= 4 is 35.5 Å². The van der Waals surface area contributed by atoms with Crippen molar-refractivity contribution in [3.05, 3.63) is 0 Å². The first-order chi connectivity index (χ1) is 18.1. The summed E-state index contributed by atoms with van der Waals surface area (Å²) in [6, 6.07) is -2.89. The normalized spacial score (nSPS) is 24.5. The molecule has 3 heterocycles. The SMILES string of the molecule is CC[C@H](C)[C@H](NC(=O)[C@@H]1CCCN1C(=O)CNC(=O)[C@@H]1CCCN1)C(=O)NCC(=O)N1CCC[C@H]1C(=O)O. The summed E-state index contributed by atoms with van der Waals surface area (Å²) in [6.45, 7) is 4.57. The highest BCUT2D eigenvalue weighted by atomic mass is 16.4. The topological polar surface area (TPSA) is 177 Å². The van der Waals surface area contributed by atoms with E-state index in [4.69, 9.17) is 0 Å². The highest BCUT2D eigenvalue weighted by Gasteiger charge is 2.38. The zero-order chi connectivity index (χ0) is 27.8. The second-order valence-corrected chi connectivity index (χ2v) is 10.3. The molecule has 0 bridgehead atoms. The van der Waals surface area contributed by atoms with Crippen LogP contribution in [0.5, 0.6) is 0 Å². The number of nitrogens with one attached hydrogen (secondary N) is 4. The minimum Gasteiger partial charge on any atom is -0.480 e. The molecule has 0 aromatic heterocycles. The second kappa shape index (κ2) is 13.5. The van der Waals surface area contributed by atoms with Gasteiger partial charge in [0.05, 0.1) is 19.1 Å². The Morgan fingerprint density at radius 1 is 0.868 bits per heavy atom. The fourth-order valence-electron chi connectivity index (χ4n) is 5.28. The van der Waals surface area contributed by atoms with Crippen LogP contribution in [0.15, 0.2) is 0 Å². The average Bonchev–Trinajstić information content (AvgIpc) is 3.69. The molecule has 13 nitrogen and oxygen atoms in total. The molecule has 3 aliphatic rings. The van der Waals surface area contributed by atoms with E-state index in [0.717, 1.165) is 19.4 Å². The summed E-state index contributed by atoms with van der Waals surface area (Å²) >= 11 is 0. The number of carboxylic acid groups (broad SMARTS) is 1. The molecule has 0 radical (unpaired) electrons. The van der Waals surface area contributed by atoms with Crippen LogP contribution in [0, 0.1) is 5.92 Å². The first-order valence-electron chi connectivity index (χ1n) is 13.5. The number of nitrogens with zero attached hydrogens (tertiary/aromatic N) is 2. The van der Waals surface area contributed by atoms with Gasteiger partial charge in [0, 0.05) is 13.1 Å². The van der Waals surface area contributed by atoms with Crippen molar-refractivity contribution in [1.82, 2.24) is 31.1 Å². The lowest BCUT2D eigenvalue weighted by Gasteiger charge is -2.29. The van der Waals surface area contributed by atoms with E-state index in [0.29, 0.717) is 45.2 Å². The second-order valence-electron chi connectivity index (χ2n) is 10.3. The molecular formula is C25H40N6O7. The molecule has 3 rings (SSSR count). The number of rotatable bonds is 11. The molecule has 0 saturated carbocycles. The van der Waals surface area contributed by atoms with Crippen LogP contribution >= 0.6 is 0 Å². The number of hydrogen-bond acceptors (Lipinski definition) is 7. The molecule has 0 unspecified atom stereocenters. The third kappa shape index (κ3) is 7.21. The smallest absolute Gasteiger partial charge is 0.326 e. The number of carboxylic acids is 1. The maximum atomic E-state index is 13.2. The Morgan fingerprint density at radius 3 is 2.05 bits per heavy atom. The first-order valence-corrected chi connectivity index (χ1v) is 13.5.